The molecule has 0 unspecified atom stereocenters. The maximum atomic E-state index is 12.7. The number of anilines is 1. The lowest BCUT2D eigenvalue weighted by Crippen LogP contribution is -2.13. The molecule has 0 saturated heterocycles. The topological polar surface area (TPSA) is 89.2 Å². The number of aryl methyl sites for hydroxylation is 1. The minimum absolute atomic E-state index is 0.115. The molecule has 0 aliphatic rings. The first kappa shape index (κ1) is 23.2. The van der Waals surface area contributed by atoms with E-state index in [1.807, 2.05) is 18.2 Å². The predicted molar refractivity (Wildman–Crippen MR) is 124 cm³/mol. The number of amides is 1. The van der Waals surface area contributed by atoms with E-state index in [1.54, 1.807) is 41.9 Å². The average molecular weight is 471 g/mol. The molecule has 0 saturated carbocycles. The number of nitrogens with zero attached hydrogens (tertiary/aromatic N) is 3. The van der Waals surface area contributed by atoms with Crippen LogP contribution >= 0.6 is 23.2 Å². The van der Waals surface area contributed by atoms with Crippen LogP contribution in [0.2, 0.25) is 10.2 Å². The summed E-state index contributed by atoms with van der Waals surface area (Å²) in [6, 6.07) is 14.2. The van der Waals surface area contributed by atoms with Crippen molar-refractivity contribution < 1.29 is 14.3 Å². The summed E-state index contributed by atoms with van der Waals surface area (Å²) >= 11 is 12.4. The highest BCUT2D eigenvalue weighted by atomic mass is 35.5. The number of halogens is 2. The van der Waals surface area contributed by atoms with Gasteiger partial charge in [-0.05, 0) is 42.8 Å². The molecule has 0 bridgehead atoms. The van der Waals surface area contributed by atoms with Crippen LogP contribution in [-0.4, -0.2) is 29.9 Å². The highest BCUT2D eigenvalue weighted by Gasteiger charge is 2.17. The van der Waals surface area contributed by atoms with E-state index in [0.717, 1.165) is 5.56 Å². The standard InChI is InChI=1S/C23H20Cl2N4O3/c1-14-19(22(25)29(28-14)13-15-4-6-17(24)7-5-15)10-16(12-26)23(30)27-18-8-9-20(31-2)21(11-18)32-3/h4-11H,13H2,1-3H3,(H,27,30)/b16-10+. The quantitative estimate of drug-likeness (QED) is 0.382. The van der Waals surface area contributed by atoms with Crippen molar-refractivity contribution in [3.63, 3.8) is 0 Å². The second-order valence-corrected chi connectivity index (χ2v) is 7.56. The van der Waals surface area contributed by atoms with Gasteiger partial charge in [-0.3, -0.25) is 4.79 Å². The van der Waals surface area contributed by atoms with Crippen LogP contribution in [0.25, 0.3) is 6.08 Å². The average Bonchev–Trinajstić information content (AvgIpc) is 3.05. The van der Waals surface area contributed by atoms with Gasteiger partial charge in [0.15, 0.2) is 11.5 Å². The van der Waals surface area contributed by atoms with Gasteiger partial charge >= 0.3 is 0 Å². The van der Waals surface area contributed by atoms with Crippen molar-refractivity contribution in [2.24, 2.45) is 0 Å². The Labute approximate surface area is 195 Å². The molecule has 0 spiro atoms. The van der Waals surface area contributed by atoms with E-state index < -0.39 is 5.91 Å². The molecule has 3 rings (SSSR count). The summed E-state index contributed by atoms with van der Waals surface area (Å²) < 4.78 is 12.0. The minimum Gasteiger partial charge on any atom is -0.493 e. The van der Waals surface area contributed by atoms with Gasteiger partial charge in [0.2, 0.25) is 0 Å². The molecule has 9 heteroatoms. The summed E-state index contributed by atoms with van der Waals surface area (Å²) in [4.78, 5) is 12.7. The summed E-state index contributed by atoms with van der Waals surface area (Å²) in [7, 11) is 3.02. The van der Waals surface area contributed by atoms with Gasteiger partial charge in [-0.2, -0.15) is 10.4 Å². The molecule has 3 aromatic rings. The minimum atomic E-state index is -0.583. The molecule has 1 heterocycles. The van der Waals surface area contributed by atoms with Gasteiger partial charge in [0.05, 0.1) is 26.5 Å². The number of rotatable bonds is 7. The van der Waals surface area contributed by atoms with Crippen LogP contribution in [0, 0.1) is 18.3 Å². The molecule has 1 N–H and O–H groups in total. The van der Waals surface area contributed by atoms with Gasteiger partial charge in [0, 0.05) is 22.3 Å². The van der Waals surface area contributed by atoms with Crippen molar-refractivity contribution in [3.05, 3.63) is 75.0 Å². The summed E-state index contributed by atoms with van der Waals surface area (Å²) in [6.07, 6.45) is 1.43. The lowest BCUT2D eigenvalue weighted by Gasteiger charge is -2.10. The third kappa shape index (κ3) is 5.22. The lowest BCUT2D eigenvalue weighted by atomic mass is 10.1. The van der Waals surface area contributed by atoms with Crippen molar-refractivity contribution in [1.29, 1.82) is 5.26 Å². The number of hydrogen-bond acceptors (Lipinski definition) is 5. The van der Waals surface area contributed by atoms with Crippen LogP contribution in [0.15, 0.2) is 48.0 Å². The highest BCUT2D eigenvalue weighted by molar-refractivity contribution is 6.31. The van der Waals surface area contributed by atoms with Crippen molar-refractivity contribution in [1.82, 2.24) is 9.78 Å². The van der Waals surface area contributed by atoms with Gasteiger partial charge in [0.25, 0.3) is 5.91 Å². The molecule has 0 aliphatic carbocycles. The number of benzene rings is 2. The molecule has 0 radical (unpaired) electrons. The van der Waals surface area contributed by atoms with Gasteiger partial charge in [-0.25, -0.2) is 4.68 Å². The highest BCUT2D eigenvalue weighted by Crippen LogP contribution is 2.30. The Kier molecular flexibility index (Phi) is 7.41. The fourth-order valence-electron chi connectivity index (χ4n) is 3.00. The van der Waals surface area contributed by atoms with E-state index in [1.165, 1.54) is 20.3 Å². The smallest absolute Gasteiger partial charge is 0.266 e. The molecule has 0 aliphatic heterocycles. The molecule has 1 amide bonds. The monoisotopic (exact) mass is 470 g/mol. The second kappa shape index (κ2) is 10.2. The Balaban J connectivity index is 1.84. The molecule has 32 heavy (non-hydrogen) atoms. The fourth-order valence-corrected chi connectivity index (χ4v) is 3.42. The molecule has 0 atom stereocenters. The first-order valence-corrected chi connectivity index (χ1v) is 10.2. The Bertz CT molecular complexity index is 1210. The van der Waals surface area contributed by atoms with Gasteiger partial charge < -0.3 is 14.8 Å². The molecule has 2 aromatic carbocycles. The van der Waals surface area contributed by atoms with Crippen LogP contribution in [0.1, 0.15) is 16.8 Å². The van der Waals surface area contributed by atoms with Crippen molar-refractivity contribution in [2.75, 3.05) is 19.5 Å². The third-order valence-electron chi connectivity index (χ3n) is 4.65. The van der Waals surface area contributed by atoms with E-state index in [-0.39, 0.29) is 5.57 Å². The van der Waals surface area contributed by atoms with Crippen molar-refractivity contribution in [3.8, 4) is 17.6 Å². The van der Waals surface area contributed by atoms with Crippen LogP contribution in [0.3, 0.4) is 0 Å². The second-order valence-electron chi connectivity index (χ2n) is 6.77. The third-order valence-corrected chi connectivity index (χ3v) is 5.30. The van der Waals surface area contributed by atoms with Crippen LogP contribution in [-0.2, 0) is 11.3 Å². The summed E-state index contributed by atoms with van der Waals surface area (Å²) in [5, 5.41) is 17.6. The maximum Gasteiger partial charge on any atom is 0.266 e. The van der Waals surface area contributed by atoms with Crippen molar-refractivity contribution in [2.45, 2.75) is 13.5 Å². The Morgan fingerprint density at radius 1 is 1.16 bits per heavy atom. The summed E-state index contributed by atoms with van der Waals surface area (Å²) in [6.45, 7) is 2.18. The van der Waals surface area contributed by atoms with Crippen LogP contribution in [0.4, 0.5) is 5.69 Å². The Morgan fingerprint density at radius 3 is 2.47 bits per heavy atom. The summed E-state index contributed by atoms with van der Waals surface area (Å²) in [5.74, 6) is 0.396. The van der Waals surface area contributed by atoms with E-state index in [2.05, 4.69) is 10.4 Å². The maximum absolute atomic E-state index is 12.7. The number of carbonyl (C=O) groups is 1. The summed E-state index contributed by atoms with van der Waals surface area (Å²) in [5.41, 5.74) is 2.39. The Morgan fingerprint density at radius 2 is 1.84 bits per heavy atom. The number of ether oxygens (including phenoxy) is 2. The van der Waals surface area contributed by atoms with Crippen LogP contribution < -0.4 is 14.8 Å². The van der Waals surface area contributed by atoms with E-state index in [9.17, 15) is 10.1 Å². The molecular formula is C23H20Cl2N4O3. The van der Waals surface area contributed by atoms with Gasteiger partial charge in [-0.1, -0.05) is 35.3 Å². The lowest BCUT2D eigenvalue weighted by molar-refractivity contribution is -0.112. The number of carbonyl (C=O) groups excluding carboxylic acids is 1. The molecule has 164 valence electrons. The number of nitriles is 1. The number of methoxy groups -OCH3 is 2. The predicted octanol–water partition coefficient (Wildman–Crippen LogP) is 5.11. The normalized spacial score (nSPS) is 11.1. The van der Waals surface area contributed by atoms with Gasteiger partial charge in [-0.15, -0.1) is 0 Å². The van der Waals surface area contributed by atoms with Gasteiger partial charge in [0.1, 0.15) is 16.8 Å². The number of nitrogens with one attached hydrogen (secondary N) is 1. The van der Waals surface area contributed by atoms with E-state index in [4.69, 9.17) is 32.7 Å². The molecule has 7 nitrogen and oxygen atoms in total. The molecular weight excluding hydrogens is 451 g/mol. The largest absolute Gasteiger partial charge is 0.493 e. The first-order chi connectivity index (χ1) is 15.4. The van der Waals surface area contributed by atoms with Crippen LogP contribution in [0.5, 0.6) is 11.5 Å². The fraction of sp³-hybridized carbons (Fsp3) is 0.174. The molecule has 1 aromatic heterocycles. The zero-order valence-corrected chi connectivity index (χ0v) is 19.2. The SMILES string of the molecule is COc1ccc(NC(=O)/C(C#N)=C/c2c(C)nn(Cc3ccc(Cl)cc3)c2Cl)cc1OC. The number of hydrogen-bond donors (Lipinski definition) is 1. The first-order valence-electron chi connectivity index (χ1n) is 9.48. The van der Waals surface area contributed by atoms with Crippen molar-refractivity contribution >= 4 is 40.9 Å². The molecule has 0 fully saturated rings. The number of aromatic nitrogens is 2. The van der Waals surface area contributed by atoms with E-state index >= 15 is 0 Å². The zero-order valence-electron chi connectivity index (χ0n) is 17.6. The van der Waals surface area contributed by atoms with E-state index in [0.29, 0.717) is 45.2 Å². The zero-order chi connectivity index (χ0) is 23.3. The Hall–Kier alpha value is -3.47.